The van der Waals surface area contributed by atoms with Crippen LogP contribution < -0.4 is 21.1 Å². The minimum atomic E-state index is -0.449. The summed E-state index contributed by atoms with van der Waals surface area (Å²) in [6.07, 6.45) is 3.07. The summed E-state index contributed by atoms with van der Waals surface area (Å²) in [4.78, 5) is 53.7. The molecule has 2 heterocycles. The molecule has 14 heteroatoms. The van der Waals surface area contributed by atoms with Gasteiger partial charge >= 0.3 is 0 Å². The van der Waals surface area contributed by atoms with E-state index in [4.69, 9.17) is 24.7 Å². The quantitative estimate of drug-likeness (QED) is 0.199. The van der Waals surface area contributed by atoms with Crippen molar-refractivity contribution in [2.75, 3.05) is 65.9 Å². The molecule has 0 aliphatic carbocycles. The number of primary amides is 1. The van der Waals surface area contributed by atoms with Gasteiger partial charge in [0, 0.05) is 37.2 Å². The zero-order chi connectivity index (χ0) is 30.2. The van der Waals surface area contributed by atoms with Crippen molar-refractivity contribution in [1.29, 1.82) is 5.26 Å². The average Bonchev–Trinajstić information content (AvgIpc) is 3.48. The summed E-state index contributed by atoms with van der Waals surface area (Å²) in [5.41, 5.74) is 5.84. The molecule has 1 fully saturated rings. The second kappa shape index (κ2) is 17.5. The summed E-state index contributed by atoms with van der Waals surface area (Å²) in [6, 6.07) is 8.15. The number of carbonyl (C=O) groups excluding carboxylic acids is 4. The third kappa shape index (κ3) is 10.6. The zero-order valence-electron chi connectivity index (χ0n) is 23.3. The van der Waals surface area contributed by atoms with Gasteiger partial charge in [0.2, 0.25) is 11.8 Å². The van der Waals surface area contributed by atoms with Crippen LogP contribution in [0.3, 0.4) is 0 Å². The molecule has 4 N–H and O–H groups in total. The maximum absolute atomic E-state index is 12.8. The standard InChI is InChI=1S/C28H36N6O8/c29-17-20-2-1-9-34(20)27(37)18-33-28(38)23-5-7-31-24-16-21(3-4-22(23)24)42-19-26(36)32-8-11-40-13-15-41-14-12-39-10-6-25(30)35/h3-5,7,16,20H,1-2,6,8-15,18-19H2,(H2,30,35)(H,32,36)(H,33,38)/t20-/m0/s1. The predicted molar refractivity (Wildman–Crippen MR) is 149 cm³/mol. The van der Waals surface area contributed by atoms with E-state index in [1.807, 2.05) is 0 Å². The number of nitrogens with one attached hydrogen (secondary N) is 2. The Balaban J connectivity index is 1.33. The molecular weight excluding hydrogens is 548 g/mol. The molecule has 0 bridgehead atoms. The molecular formula is C28H36N6O8. The smallest absolute Gasteiger partial charge is 0.258 e. The fraction of sp³-hybridized carbons (Fsp3) is 0.500. The lowest BCUT2D eigenvalue weighted by Gasteiger charge is -2.19. The molecule has 42 heavy (non-hydrogen) atoms. The van der Waals surface area contributed by atoms with Gasteiger partial charge in [-0.1, -0.05) is 0 Å². The van der Waals surface area contributed by atoms with Gasteiger partial charge in [-0.25, -0.2) is 0 Å². The van der Waals surface area contributed by atoms with E-state index in [-0.39, 0.29) is 38.0 Å². The van der Waals surface area contributed by atoms with Crippen LogP contribution in [0.1, 0.15) is 29.6 Å². The van der Waals surface area contributed by atoms with Crippen LogP contribution in [0.5, 0.6) is 5.75 Å². The number of rotatable bonds is 18. The van der Waals surface area contributed by atoms with Crippen LogP contribution in [0.4, 0.5) is 0 Å². The summed E-state index contributed by atoms with van der Waals surface area (Å²) in [5.74, 6) is -1.06. The van der Waals surface area contributed by atoms with Crippen LogP contribution in [0.15, 0.2) is 30.5 Å². The number of nitriles is 1. The van der Waals surface area contributed by atoms with E-state index in [9.17, 15) is 24.4 Å². The van der Waals surface area contributed by atoms with E-state index in [0.717, 1.165) is 6.42 Å². The molecule has 1 atom stereocenters. The number of aromatic nitrogens is 1. The van der Waals surface area contributed by atoms with Crippen LogP contribution in [0, 0.1) is 11.3 Å². The SMILES string of the molecule is N#C[C@@H]1CCCN1C(=O)CNC(=O)c1ccnc2cc(OCC(=O)NCCOCCOCCOCCC(N)=O)ccc12. The van der Waals surface area contributed by atoms with E-state index in [2.05, 4.69) is 21.7 Å². The van der Waals surface area contributed by atoms with Crippen LogP contribution in [-0.2, 0) is 28.6 Å². The van der Waals surface area contributed by atoms with E-state index in [1.165, 1.54) is 11.1 Å². The van der Waals surface area contributed by atoms with Crippen LogP contribution in [0.2, 0.25) is 0 Å². The Bertz CT molecular complexity index is 1270. The van der Waals surface area contributed by atoms with E-state index >= 15 is 0 Å². The first-order valence-electron chi connectivity index (χ1n) is 13.7. The second-order valence-electron chi connectivity index (χ2n) is 9.29. The molecule has 0 saturated carbocycles. The fourth-order valence-electron chi connectivity index (χ4n) is 4.14. The second-order valence-corrected chi connectivity index (χ2v) is 9.29. The third-order valence-electron chi connectivity index (χ3n) is 6.26. The Morgan fingerprint density at radius 3 is 2.50 bits per heavy atom. The van der Waals surface area contributed by atoms with Gasteiger partial charge in [-0.05, 0) is 31.0 Å². The van der Waals surface area contributed by atoms with Crippen molar-refractivity contribution in [2.24, 2.45) is 5.73 Å². The van der Waals surface area contributed by atoms with Crippen molar-refractivity contribution in [3.8, 4) is 11.8 Å². The molecule has 0 spiro atoms. The largest absolute Gasteiger partial charge is 0.484 e. The summed E-state index contributed by atoms with van der Waals surface area (Å²) < 4.78 is 21.5. The third-order valence-corrected chi connectivity index (χ3v) is 6.26. The number of hydrogen-bond acceptors (Lipinski definition) is 10. The Hall–Kier alpha value is -4.32. The monoisotopic (exact) mass is 584 g/mol. The lowest BCUT2D eigenvalue weighted by Crippen LogP contribution is -2.42. The van der Waals surface area contributed by atoms with Crippen LogP contribution >= 0.6 is 0 Å². The summed E-state index contributed by atoms with van der Waals surface area (Å²) in [5, 5.41) is 15.1. The van der Waals surface area contributed by atoms with Gasteiger partial charge < -0.3 is 40.2 Å². The molecule has 226 valence electrons. The van der Waals surface area contributed by atoms with Gasteiger partial charge in [0.25, 0.3) is 11.8 Å². The highest BCUT2D eigenvalue weighted by Crippen LogP contribution is 2.22. The van der Waals surface area contributed by atoms with E-state index in [1.54, 1.807) is 24.3 Å². The van der Waals surface area contributed by atoms with Crippen molar-refractivity contribution in [2.45, 2.75) is 25.3 Å². The molecule has 14 nitrogen and oxygen atoms in total. The average molecular weight is 585 g/mol. The van der Waals surface area contributed by atoms with E-state index in [0.29, 0.717) is 74.8 Å². The minimum absolute atomic E-state index is 0.178. The maximum Gasteiger partial charge on any atom is 0.258 e. The molecule has 0 unspecified atom stereocenters. The molecule has 3 rings (SSSR count). The molecule has 1 aliphatic rings. The van der Waals surface area contributed by atoms with Crippen LogP contribution in [0.25, 0.3) is 10.9 Å². The summed E-state index contributed by atoms with van der Waals surface area (Å²) in [7, 11) is 0. The number of amides is 4. The van der Waals surface area contributed by atoms with Gasteiger partial charge in [-0.3, -0.25) is 24.2 Å². The highest BCUT2D eigenvalue weighted by molar-refractivity contribution is 6.07. The number of fused-ring (bicyclic) bond motifs is 1. The number of likely N-dealkylation sites (tertiary alicyclic amines) is 1. The highest BCUT2D eigenvalue weighted by atomic mass is 16.5. The minimum Gasteiger partial charge on any atom is -0.484 e. The Morgan fingerprint density at radius 1 is 1.02 bits per heavy atom. The molecule has 1 aromatic heterocycles. The lowest BCUT2D eigenvalue weighted by atomic mass is 10.1. The lowest BCUT2D eigenvalue weighted by molar-refractivity contribution is -0.130. The topological polar surface area (TPSA) is 195 Å². The van der Waals surface area contributed by atoms with E-state index < -0.39 is 17.9 Å². The first-order valence-corrected chi connectivity index (χ1v) is 13.7. The normalized spacial score (nSPS) is 14.4. The van der Waals surface area contributed by atoms with Gasteiger partial charge in [0.15, 0.2) is 6.61 Å². The van der Waals surface area contributed by atoms with Gasteiger partial charge in [0.05, 0.1) is 63.3 Å². The number of carbonyl (C=O) groups is 4. The summed E-state index contributed by atoms with van der Waals surface area (Å²) in [6.45, 7) is 2.42. The molecule has 4 amide bonds. The molecule has 1 aliphatic heterocycles. The first kappa shape index (κ1) is 32.2. The first-order chi connectivity index (χ1) is 20.4. The van der Waals surface area contributed by atoms with Crippen molar-refractivity contribution < 1.29 is 38.1 Å². The predicted octanol–water partition coefficient (Wildman–Crippen LogP) is -0.101. The van der Waals surface area contributed by atoms with Crippen molar-refractivity contribution in [1.82, 2.24) is 20.5 Å². The number of ether oxygens (including phenoxy) is 4. The Labute approximate surface area is 243 Å². The number of pyridine rings is 1. The summed E-state index contributed by atoms with van der Waals surface area (Å²) >= 11 is 0. The van der Waals surface area contributed by atoms with Crippen molar-refractivity contribution >= 4 is 34.5 Å². The zero-order valence-corrected chi connectivity index (χ0v) is 23.3. The molecule has 2 aromatic rings. The Morgan fingerprint density at radius 2 is 1.76 bits per heavy atom. The fourth-order valence-corrected chi connectivity index (χ4v) is 4.14. The number of nitrogens with zero attached hydrogens (tertiary/aromatic N) is 3. The van der Waals surface area contributed by atoms with Crippen molar-refractivity contribution in [3.63, 3.8) is 0 Å². The number of hydrogen-bond donors (Lipinski definition) is 3. The van der Waals surface area contributed by atoms with Crippen molar-refractivity contribution in [3.05, 3.63) is 36.0 Å². The molecule has 1 saturated heterocycles. The number of benzene rings is 1. The Kier molecular flexibility index (Phi) is 13.4. The van der Waals surface area contributed by atoms with Gasteiger partial charge in [0.1, 0.15) is 11.8 Å². The van der Waals surface area contributed by atoms with Gasteiger partial charge in [-0.15, -0.1) is 0 Å². The number of nitrogens with two attached hydrogens (primary N) is 1. The molecule has 0 radical (unpaired) electrons. The van der Waals surface area contributed by atoms with Gasteiger partial charge in [-0.2, -0.15) is 5.26 Å². The molecule has 1 aromatic carbocycles. The highest BCUT2D eigenvalue weighted by Gasteiger charge is 2.28. The maximum atomic E-state index is 12.8. The van der Waals surface area contributed by atoms with Crippen LogP contribution in [-0.4, -0.2) is 105 Å².